The summed E-state index contributed by atoms with van der Waals surface area (Å²) < 4.78 is 0. The van der Waals surface area contributed by atoms with Gasteiger partial charge in [-0.05, 0) is 48.2 Å². The van der Waals surface area contributed by atoms with Gasteiger partial charge in [0.05, 0.1) is 13.0 Å². The Morgan fingerprint density at radius 2 is 1.50 bits per heavy atom. The van der Waals surface area contributed by atoms with Gasteiger partial charge in [-0.1, -0.05) is 67.6 Å². The number of benzene rings is 3. The van der Waals surface area contributed by atoms with Gasteiger partial charge in [0.15, 0.2) is 0 Å². The monoisotopic (exact) mass is 400 g/mol. The van der Waals surface area contributed by atoms with E-state index in [2.05, 4.69) is 5.32 Å². The number of hydrogen-bond acceptors (Lipinski definition) is 2. The Morgan fingerprint density at radius 1 is 0.833 bits per heavy atom. The van der Waals surface area contributed by atoms with Crippen molar-refractivity contribution in [2.75, 3.05) is 11.4 Å². The molecular weight excluding hydrogens is 372 g/mol. The lowest BCUT2D eigenvalue weighted by atomic mass is 10.1. The molecule has 0 saturated carbocycles. The summed E-state index contributed by atoms with van der Waals surface area (Å²) >= 11 is 0. The lowest BCUT2D eigenvalue weighted by molar-refractivity contribution is -0.120. The van der Waals surface area contributed by atoms with Crippen LogP contribution < -0.4 is 10.2 Å². The van der Waals surface area contributed by atoms with Gasteiger partial charge in [0, 0.05) is 17.8 Å². The minimum absolute atomic E-state index is 0.0155. The molecule has 0 heterocycles. The summed E-state index contributed by atoms with van der Waals surface area (Å²) in [7, 11) is 0. The highest BCUT2D eigenvalue weighted by molar-refractivity contribution is 6.07. The maximum atomic E-state index is 13.4. The van der Waals surface area contributed by atoms with E-state index < -0.39 is 0 Å². The van der Waals surface area contributed by atoms with Gasteiger partial charge in [-0.15, -0.1) is 0 Å². The minimum atomic E-state index is -0.0367. The van der Waals surface area contributed by atoms with Crippen molar-refractivity contribution < 1.29 is 9.59 Å². The molecule has 154 valence electrons. The molecule has 3 aromatic carbocycles. The van der Waals surface area contributed by atoms with Crippen molar-refractivity contribution in [1.29, 1.82) is 0 Å². The molecule has 0 unspecified atom stereocenters. The van der Waals surface area contributed by atoms with Gasteiger partial charge in [-0.3, -0.25) is 9.59 Å². The van der Waals surface area contributed by atoms with Crippen LogP contribution in [0.15, 0.2) is 78.9 Å². The van der Waals surface area contributed by atoms with Crippen molar-refractivity contribution in [3.8, 4) is 0 Å². The highest BCUT2D eigenvalue weighted by Gasteiger charge is 2.20. The minimum Gasteiger partial charge on any atom is -0.356 e. The van der Waals surface area contributed by atoms with E-state index in [1.165, 1.54) is 0 Å². The quantitative estimate of drug-likeness (QED) is 0.584. The van der Waals surface area contributed by atoms with Gasteiger partial charge in [-0.25, -0.2) is 0 Å². The molecule has 0 fully saturated rings. The molecule has 0 aromatic heterocycles. The molecule has 0 aliphatic heterocycles. The molecule has 3 rings (SSSR count). The summed E-state index contributed by atoms with van der Waals surface area (Å²) in [4.78, 5) is 27.2. The Kier molecular flexibility index (Phi) is 7.39. The molecule has 4 nitrogen and oxygen atoms in total. The van der Waals surface area contributed by atoms with Crippen molar-refractivity contribution >= 4 is 17.5 Å². The zero-order valence-corrected chi connectivity index (χ0v) is 17.6. The second-order valence-corrected chi connectivity index (χ2v) is 7.38. The van der Waals surface area contributed by atoms with E-state index in [9.17, 15) is 9.59 Å². The van der Waals surface area contributed by atoms with E-state index in [1.54, 1.807) is 4.90 Å². The number of hydrogen-bond donors (Lipinski definition) is 1. The fourth-order valence-electron chi connectivity index (χ4n) is 3.31. The molecule has 30 heavy (non-hydrogen) atoms. The van der Waals surface area contributed by atoms with Gasteiger partial charge in [0.1, 0.15) is 0 Å². The molecule has 0 bridgehead atoms. The molecule has 0 saturated heterocycles. The third-order valence-corrected chi connectivity index (χ3v) is 4.99. The Hall–Kier alpha value is -3.40. The fraction of sp³-hybridized carbons (Fsp3) is 0.231. The van der Waals surface area contributed by atoms with Crippen LogP contribution in [0, 0.1) is 6.92 Å². The smallest absolute Gasteiger partial charge is 0.258 e. The second kappa shape index (κ2) is 10.4. The first-order valence-corrected chi connectivity index (χ1v) is 10.4. The number of carbonyl (C=O) groups excluding carboxylic acids is 2. The predicted molar refractivity (Wildman–Crippen MR) is 122 cm³/mol. The van der Waals surface area contributed by atoms with E-state index in [0.29, 0.717) is 25.1 Å². The highest BCUT2D eigenvalue weighted by Crippen LogP contribution is 2.22. The second-order valence-electron chi connectivity index (χ2n) is 7.38. The van der Waals surface area contributed by atoms with Crippen LogP contribution in [0.5, 0.6) is 0 Å². The van der Waals surface area contributed by atoms with E-state index in [4.69, 9.17) is 0 Å². The first-order valence-electron chi connectivity index (χ1n) is 10.4. The topological polar surface area (TPSA) is 49.4 Å². The number of nitrogens with one attached hydrogen (secondary N) is 1. The lowest BCUT2D eigenvalue weighted by Crippen LogP contribution is -2.31. The highest BCUT2D eigenvalue weighted by atomic mass is 16.2. The van der Waals surface area contributed by atoms with Crippen LogP contribution in [0.2, 0.25) is 0 Å². The summed E-state index contributed by atoms with van der Waals surface area (Å²) in [5.41, 5.74) is 4.43. The first kappa shape index (κ1) is 21.3. The summed E-state index contributed by atoms with van der Waals surface area (Å²) in [6, 6.07) is 25.3. The summed E-state index contributed by atoms with van der Waals surface area (Å²) in [5.74, 6) is -0.0212. The molecule has 3 aromatic rings. The zero-order valence-electron chi connectivity index (χ0n) is 17.6. The van der Waals surface area contributed by atoms with Crippen molar-refractivity contribution in [2.24, 2.45) is 0 Å². The van der Waals surface area contributed by atoms with Crippen LogP contribution >= 0.6 is 0 Å². The molecular formula is C26H28N2O2. The van der Waals surface area contributed by atoms with Gasteiger partial charge in [0.2, 0.25) is 5.91 Å². The van der Waals surface area contributed by atoms with Crippen molar-refractivity contribution in [3.63, 3.8) is 0 Å². The average Bonchev–Trinajstić information content (AvgIpc) is 2.77. The largest absolute Gasteiger partial charge is 0.356 e. The van der Waals surface area contributed by atoms with Crippen LogP contribution in [0.1, 0.15) is 40.4 Å². The Morgan fingerprint density at radius 3 is 2.17 bits per heavy atom. The number of aryl methyl sites for hydroxylation is 1. The van der Waals surface area contributed by atoms with Gasteiger partial charge >= 0.3 is 0 Å². The normalized spacial score (nSPS) is 10.5. The molecule has 2 amide bonds. The van der Waals surface area contributed by atoms with Crippen molar-refractivity contribution in [2.45, 2.75) is 33.2 Å². The molecule has 0 spiro atoms. The van der Waals surface area contributed by atoms with E-state index >= 15 is 0 Å². The SMILES string of the molecule is CCCNC(=O)Cc1ccc(N(Cc2ccccc2)C(=O)c2ccccc2C)cc1. The van der Waals surface area contributed by atoms with Gasteiger partial charge in [-0.2, -0.15) is 0 Å². The lowest BCUT2D eigenvalue weighted by Gasteiger charge is -2.24. The number of carbonyl (C=O) groups is 2. The van der Waals surface area contributed by atoms with Crippen LogP contribution in [-0.2, 0) is 17.8 Å². The maximum absolute atomic E-state index is 13.4. The number of rotatable bonds is 8. The number of nitrogens with zero attached hydrogens (tertiary/aromatic N) is 1. The third kappa shape index (κ3) is 5.57. The molecule has 0 radical (unpaired) electrons. The standard InChI is InChI=1S/C26H28N2O2/c1-3-17-27-25(29)18-21-13-15-23(16-14-21)28(19-22-10-5-4-6-11-22)26(30)24-12-8-7-9-20(24)2/h4-16H,3,17-19H2,1-2H3,(H,27,29). The van der Waals surface area contributed by atoms with E-state index in [0.717, 1.165) is 28.8 Å². The Balaban J connectivity index is 1.85. The molecule has 0 atom stereocenters. The Labute approximate surface area is 178 Å². The van der Waals surface area contributed by atoms with Crippen LogP contribution in [0.25, 0.3) is 0 Å². The molecule has 0 aliphatic rings. The summed E-state index contributed by atoms with van der Waals surface area (Å²) in [6.45, 7) is 5.14. The zero-order chi connectivity index (χ0) is 21.3. The molecule has 4 heteroatoms. The number of amides is 2. The number of anilines is 1. The van der Waals surface area contributed by atoms with Crippen molar-refractivity contribution in [3.05, 3.63) is 101 Å². The van der Waals surface area contributed by atoms with Gasteiger partial charge in [0.25, 0.3) is 5.91 Å². The van der Waals surface area contributed by atoms with Crippen LogP contribution in [0.4, 0.5) is 5.69 Å². The van der Waals surface area contributed by atoms with E-state index in [1.807, 2.05) is 92.7 Å². The van der Waals surface area contributed by atoms with Crippen LogP contribution in [0.3, 0.4) is 0 Å². The van der Waals surface area contributed by atoms with Crippen LogP contribution in [-0.4, -0.2) is 18.4 Å². The van der Waals surface area contributed by atoms with E-state index in [-0.39, 0.29) is 11.8 Å². The maximum Gasteiger partial charge on any atom is 0.258 e. The van der Waals surface area contributed by atoms with Crippen molar-refractivity contribution in [1.82, 2.24) is 5.32 Å². The predicted octanol–water partition coefficient (Wildman–Crippen LogP) is 4.91. The molecule has 1 N–H and O–H groups in total. The third-order valence-electron chi connectivity index (χ3n) is 4.99. The first-order chi connectivity index (χ1) is 14.6. The summed E-state index contributed by atoms with van der Waals surface area (Å²) in [6.07, 6.45) is 1.25. The Bertz CT molecular complexity index is 981. The fourth-order valence-corrected chi connectivity index (χ4v) is 3.31. The molecule has 0 aliphatic carbocycles. The van der Waals surface area contributed by atoms with Gasteiger partial charge < -0.3 is 10.2 Å². The average molecular weight is 401 g/mol. The summed E-state index contributed by atoms with van der Waals surface area (Å²) in [5, 5.41) is 2.89.